The molecular weight excluding hydrogens is 568 g/mol. The molecule has 0 saturated carbocycles. The molecular formula is C23H55FO10Si4. The Morgan fingerprint density at radius 1 is 0.579 bits per heavy atom. The van der Waals surface area contributed by atoms with Gasteiger partial charge in [0.1, 0.15) is 0 Å². The maximum absolute atomic E-state index is 16.6. The highest BCUT2D eigenvalue weighted by Gasteiger charge is 2.45. The molecule has 15 heteroatoms. The fourth-order valence-corrected chi connectivity index (χ4v) is 15.9. The maximum atomic E-state index is 16.6. The van der Waals surface area contributed by atoms with Gasteiger partial charge in [-0.3, -0.25) is 0 Å². The average molecular weight is 623 g/mol. The lowest BCUT2D eigenvalue weighted by Crippen LogP contribution is -2.51. The van der Waals surface area contributed by atoms with E-state index in [0.29, 0.717) is 44.8 Å². The molecule has 0 aliphatic rings. The van der Waals surface area contributed by atoms with Crippen LogP contribution in [0.2, 0.25) is 44.3 Å². The molecule has 0 bridgehead atoms. The first-order chi connectivity index (χ1) is 17.8. The molecule has 0 aromatic carbocycles. The van der Waals surface area contributed by atoms with Crippen molar-refractivity contribution in [1.82, 2.24) is 0 Å². The molecule has 0 amide bonds. The summed E-state index contributed by atoms with van der Waals surface area (Å²) in [6.45, 7) is 9.93. The van der Waals surface area contributed by atoms with E-state index in [1.165, 1.54) is 0 Å². The van der Waals surface area contributed by atoms with E-state index in [2.05, 4.69) is 13.1 Å². The van der Waals surface area contributed by atoms with Gasteiger partial charge in [0.15, 0.2) is 8.32 Å². The van der Waals surface area contributed by atoms with Crippen molar-refractivity contribution in [3.8, 4) is 0 Å². The highest BCUT2D eigenvalue weighted by molar-refractivity contribution is 6.82. The molecule has 0 aliphatic carbocycles. The molecule has 0 aromatic heterocycles. The minimum Gasteiger partial charge on any atom is -0.436 e. The number of alkyl halides is 1. The minimum atomic E-state index is -2.84. The lowest BCUT2D eigenvalue weighted by molar-refractivity contribution is -0.0957. The summed E-state index contributed by atoms with van der Waals surface area (Å²) in [5.74, 6) is -1.89. The number of halogens is 1. The third-order valence-corrected chi connectivity index (χ3v) is 18.6. The van der Waals surface area contributed by atoms with E-state index >= 15 is 4.39 Å². The van der Waals surface area contributed by atoms with Crippen molar-refractivity contribution in [3.63, 3.8) is 0 Å². The lowest BCUT2D eigenvalue weighted by atomic mass is 10.1. The molecule has 0 unspecified atom stereocenters. The Morgan fingerprint density at radius 2 is 1.03 bits per heavy atom. The standard InChI is InChI=1S/C23H55FO10Si4/c1-25-18-19-32-17-14-20-35(8,9)34-36(10,11)33-23(24,15-12-21-37(26-2,27-3)28-4)16-13-22-38(29-5,30-6)31-7/h12-22H2,1-11H3. The van der Waals surface area contributed by atoms with Crippen LogP contribution >= 0.6 is 0 Å². The largest absolute Gasteiger partial charge is 0.500 e. The number of hydrogen-bond acceptors (Lipinski definition) is 10. The topological polar surface area (TPSA) is 92.3 Å². The molecule has 0 rings (SSSR count). The van der Waals surface area contributed by atoms with E-state index < -0.39 is 40.3 Å². The molecule has 0 saturated heterocycles. The van der Waals surface area contributed by atoms with Crippen molar-refractivity contribution < 1.29 is 49.0 Å². The van der Waals surface area contributed by atoms with Gasteiger partial charge in [-0.25, -0.2) is 4.39 Å². The van der Waals surface area contributed by atoms with E-state index in [1.54, 1.807) is 49.8 Å². The van der Waals surface area contributed by atoms with Gasteiger partial charge in [0.05, 0.1) is 13.2 Å². The summed E-state index contributed by atoms with van der Waals surface area (Å²) in [4.78, 5) is 0. The molecule has 0 aromatic rings. The predicted molar refractivity (Wildman–Crippen MR) is 155 cm³/mol. The van der Waals surface area contributed by atoms with Gasteiger partial charge in [-0.2, -0.15) is 0 Å². The summed E-state index contributed by atoms with van der Waals surface area (Å²) in [5, 5.41) is 0. The van der Waals surface area contributed by atoms with Gasteiger partial charge in [-0.1, -0.05) is 0 Å². The van der Waals surface area contributed by atoms with Gasteiger partial charge in [0.2, 0.25) is 5.85 Å². The second-order valence-corrected chi connectivity index (χ2v) is 24.3. The van der Waals surface area contributed by atoms with Crippen LogP contribution in [0.5, 0.6) is 0 Å². The minimum absolute atomic E-state index is 0.161. The van der Waals surface area contributed by atoms with Gasteiger partial charge in [-0.05, 0) is 51.5 Å². The van der Waals surface area contributed by atoms with Crippen LogP contribution in [0.4, 0.5) is 4.39 Å². The molecule has 0 radical (unpaired) electrons. The first kappa shape index (κ1) is 38.4. The molecule has 38 heavy (non-hydrogen) atoms. The summed E-state index contributed by atoms with van der Waals surface area (Å²) < 4.78 is 73.1. The second-order valence-electron chi connectivity index (χ2n) is 10.3. The van der Waals surface area contributed by atoms with Crippen molar-refractivity contribution in [2.45, 2.75) is 82.3 Å². The Morgan fingerprint density at radius 3 is 1.42 bits per heavy atom. The average Bonchev–Trinajstić information content (AvgIpc) is 2.86. The smallest absolute Gasteiger partial charge is 0.436 e. The third-order valence-electron chi connectivity index (χ3n) is 6.38. The Kier molecular flexibility index (Phi) is 19.0. The number of ether oxygens (including phenoxy) is 2. The Balaban J connectivity index is 5.37. The number of rotatable bonds is 25. The zero-order valence-electron chi connectivity index (χ0n) is 25.7. The Hall–Kier alpha value is 0.398. The fraction of sp³-hybridized carbons (Fsp3) is 1.00. The van der Waals surface area contributed by atoms with Crippen molar-refractivity contribution >= 4 is 34.5 Å². The molecule has 0 fully saturated rings. The zero-order chi connectivity index (χ0) is 29.3. The molecule has 0 aliphatic heterocycles. The maximum Gasteiger partial charge on any atom is 0.500 e. The van der Waals surface area contributed by atoms with E-state index in [9.17, 15) is 0 Å². The zero-order valence-corrected chi connectivity index (χ0v) is 29.7. The summed E-state index contributed by atoms with van der Waals surface area (Å²) in [7, 11) is 0.396. The van der Waals surface area contributed by atoms with Gasteiger partial charge in [-0.15, -0.1) is 0 Å². The highest BCUT2D eigenvalue weighted by Crippen LogP contribution is 2.35. The highest BCUT2D eigenvalue weighted by atomic mass is 28.4. The predicted octanol–water partition coefficient (Wildman–Crippen LogP) is 4.96. The quantitative estimate of drug-likeness (QED) is 0.103. The third kappa shape index (κ3) is 14.9. The molecule has 0 N–H and O–H groups in total. The Bertz CT molecular complexity index is 568. The molecule has 0 spiro atoms. The lowest BCUT2D eigenvalue weighted by Gasteiger charge is -2.39. The first-order valence-electron chi connectivity index (χ1n) is 13.2. The van der Waals surface area contributed by atoms with Crippen molar-refractivity contribution in [2.24, 2.45) is 0 Å². The number of hydrogen-bond donors (Lipinski definition) is 0. The van der Waals surface area contributed by atoms with Crippen LogP contribution in [0.1, 0.15) is 32.1 Å². The van der Waals surface area contributed by atoms with Crippen LogP contribution in [0.15, 0.2) is 0 Å². The van der Waals surface area contributed by atoms with Gasteiger partial charge >= 0.3 is 26.2 Å². The first-order valence-corrected chi connectivity index (χ1v) is 23.0. The van der Waals surface area contributed by atoms with Gasteiger partial charge < -0.3 is 44.6 Å². The molecule has 10 nitrogen and oxygen atoms in total. The SMILES string of the molecule is COCCOCCC[Si](C)(C)O[Si](C)(C)OC(F)(CCC[Si](OC)(OC)OC)CCC[Si](OC)(OC)OC. The molecule has 230 valence electrons. The monoisotopic (exact) mass is 622 g/mol. The summed E-state index contributed by atoms with van der Waals surface area (Å²) in [5.41, 5.74) is 0. The van der Waals surface area contributed by atoms with E-state index in [-0.39, 0.29) is 12.8 Å². The van der Waals surface area contributed by atoms with Crippen LogP contribution in [0.25, 0.3) is 0 Å². The van der Waals surface area contributed by atoms with Crippen LogP contribution in [0.3, 0.4) is 0 Å². The molecule has 0 heterocycles. The van der Waals surface area contributed by atoms with E-state index in [4.69, 9.17) is 44.6 Å². The second kappa shape index (κ2) is 18.8. The summed E-state index contributed by atoms with van der Waals surface area (Å²) in [6, 6.07) is 1.85. The van der Waals surface area contributed by atoms with E-state index in [0.717, 1.165) is 12.5 Å². The van der Waals surface area contributed by atoms with Crippen LogP contribution in [-0.4, -0.2) is 110 Å². The van der Waals surface area contributed by atoms with Gasteiger partial charge in [0.25, 0.3) is 0 Å². The van der Waals surface area contributed by atoms with Crippen molar-refractivity contribution in [2.75, 3.05) is 69.6 Å². The van der Waals surface area contributed by atoms with E-state index in [1.807, 2.05) is 13.1 Å². The Labute approximate surface area is 235 Å². The van der Waals surface area contributed by atoms with Gasteiger partial charge in [0, 0.05) is 81.3 Å². The van der Waals surface area contributed by atoms with Crippen molar-refractivity contribution in [1.29, 1.82) is 0 Å². The fourth-order valence-electron chi connectivity index (χ4n) is 4.50. The normalized spacial score (nSPS) is 13.9. The molecule has 0 atom stereocenters. The summed E-state index contributed by atoms with van der Waals surface area (Å²) in [6.07, 6.45) is 2.15. The van der Waals surface area contributed by atoms with Crippen molar-refractivity contribution in [3.05, 3.63) is 0 Å². The van der Waals surface area contributed by atoms with Crippen LogP contribution in [0, 0.1) is 0 Å². The summed E-state index contributed by atoms with van der Waals surface area (Å²) >= 11 is 0. The van der Waals surface area contributed by atoms with Crippen LogP contribution in [-0.2, 0) is 44.6 Å². The van der Waals surface area contributed by atoms with Crippen LogP contribution < -0.4 is 0 Å². The number of methoxy groups -OCH3 is 1.